The third kappa shape index (κ3) is 2.87. The summed E-state index contributed by atoms with van der Waals surface area (Å²) in [4.78, 5) is 26.8. The van der Waals surface area contributed by atoms with E-state index in [1.54, 1.807) is 0 Å². The van der Waals surface area contributed by atoms with Crippen molar-refractivity contribution in [1.82, 2.24) is 4.90 Å². The summed E-state index contributed by atoms with van der Waals surface area (Å²) in [6.07, 6.45) is 8.04. The molecule has 0 spiro atoms. The molecule has 0 unspecified atom stereocenters. The van der Waals surface area contributed by atoms with Crippen LogP contribution >= 0.6 is 0 Å². The standard InChI is InChI=1S/C17H25NO2/c1-4-5-6-7-14-10-11-15(19)16(14)17(20)18-12(2)8-9-13(18)3/h4,12-13H,1,5-11H2,2-3H3/t12-,13-/m1/s1. The Morgan fingerprint density at radius 2 is 1.95 bits per heavy atom. The van der Waals surface area contributed by atoms with Crippen LogP contribution in [0.4, 0.5) is 0 Å². The van der Waals surface area contributed by atoms with E-state index in [4.69, 9.17) is 0 Å². The van der Waals surface area contributed by atoms with Gasteiger partial charge in [0.1, 0.15) is 0 Å². The first-order valence-corrected chi connectivity index (χ1v) is 7.75. The Labute approximate surface area is 121 Å². The minimum atomic E-state index is -0.0152. The normalized spacial score (nSPS) is 26.5. The lowest BCUT2D eigenvalue weighted by molar-refractivity contribution is -0.131. The minimum absolute atomic E-state index is 0.0152. The molecule has 1 aliphatic heterocycles. The van der Waals surface area contributed by atoms with Crippen molar-refractivity contribution < 1.29 is 9.59 Å². The Balaban J connectivity index is 2.17. The zero-order valence-electron chi connectivity index (χ0n) is 12.7. The zero-order valence-corrected chi connectivity index (χ0v) is 12.7. The van der Waals surface area contributed by atoms with Crippen molar-refractivity contribution in [2.24, 2.45) is 0 Å². The van der Waals surface area contributed by atoms with Gasteiger partial charge >= 0.3 is 0 Å². The average Bonchev–Trinajstić information content (AvgIpc) is 2.93. The van der Waals surface area contributed by atoms with Crippen LogP contribution in [0, 0.1) is 0 Å². The van der Waals surface area contributed by atoms with E-state index in [2.05, 4.69) is 20.4 Å². The molecule has 2 aliphatic rings. The number of carbonyl (C=O) groups is 2. The third-order valence-electron chi connectivity index (χ3n) is 4.57. The number of hydrogen-bond donors (Lipinski definition) is 0. The Morgan fingerprint density at radius 3 is 2.55 bits per heavy atom. The van der Waals surface area contributed by atoms with Crippen LogP contribution in [-0.2, 0) is 9.59 Å². The first-order valence-electron chi connectivity index (χ1n) is 7.75. The molecule has 0 aromatic carbocycles. The number of amides is 1. The number of rotatable bonds is 5. The summed E-state index contributed by atoms with van der Waals surface area (Å²) >= 11 is 0. The van der Waals surface area contributed by atoms with Crippen LogP contribution in [0.2, 0.25) is 0 Å². The summed E-state index contributed by atoms with van der Waals surface area (Å²) in [5.74, 6) is 0.0357. The van der Waals surface area contributed by atoms with Gasteiger partial charge in [0, 0.05) is 18.5 Å². The number of unbranched alkanes of at least 4 members (excludes halogenated alkanes) is 1. The highest BCUT2D eigenvalue weighted by molar-refractivity contribution is 6.21. The van der Waals surface area contributed by atoms with Crippen molar-refractivity contribution in [1.29, 1.82) is 0 Å². The van der Waals surface area contributed by atoms with E-state index in [1.165, 1.54) is 0 Å². The van der Waals surface area contributed by atoms with Crippen LogP contribution in [0.1, 0.15) is 58.8 Å². The van der Waals surface area contributed by atoms with Crippen molar-refractivity contribution in [2.45, 2.75) is 70.9 Å². The van der Waals surface area contributed by atoms with Crippen LogP contribution in [0.5, 0.6) is 0 Å². The second-order valence-electron chi connectivity index (χ2n) is 6.07. The molecule has 1 heterocycles. The van der Waals surface area contributed by atoms with Gasteiger partial charge in [-0.3, -0.25) is 9.59 Å². The number of nitrogens with zero attached hydrogens (tertiary/aromatic N) is 1. The molecule has 3 heteroatoms. The molecule has 0 radical (unpaired) electrons. The molecule has 2 atom stereocenters. The SMILES string of the molecule is C=CCCCC1=C(C(=O)N2[C@H](C)CC[C@H]2C)C(=O)CC1. The van der Waals surface area contributed by atoms with Crippen LogP contribution in [0.3, 0.4) is 0 Å². The number of allylic oxidation sites excluding steroid dienone is 2. The van der Waals surface area contributed by atoms with Gasteiger partial charge in [0.25, 0.3) is 5.91 Å². The second kappa shape index (κ2) is 6.38. The molecular formula is C17H25NO2. The van der Waals surface area contributed by atoms with Crippen LogP contribution in [-0.4, -0.2) is 28.7 Å². The lowest BCUT2D eigenvalue weighted by atomic mass is 10.0. The van der Waals surface area contributed by atoms with Gasteiger partial charge in [-0.1, -0.05) is 11.6 Å². The summed E-state index contributed by atoms with van der Waals surface area (Å²) in [7, 11) is 0. The molecule has 1 aliphatic carbocycles. The molecule has 20 heavy (non-hydrogen) atoms. The minimum Gasteiger partial charge on any atom is -0.333 e. The quantitative estimate of drug-likeness (QED) is 0.438. The zero-order chi connectivity index (χ0) is 14.7. The van der Waals surface area contributed by atoms with Crippen molar-refractivity contribution in [3.05, 3.63) is 23.8 Å². The van der Waals surface area contributed by atoms with Gasteiger partial charge < -0.3 is 4.90 Å². The fourth-order valence-electron chi connectivity index (χ4n) is 3.42. The molecule has 0 saturated carbocycles. The Kier molecular flexibility index (Phi) is 4.79. The van der Waals surface area contributed by atoms with Gasteiger partial charge in [-0.2, -0.15) is 0 Å². The van der Waals surface area contributed by atoms with Gasteiger partial charge in [-0.05, 0) is 52.4 Å². The van der Waals surface area contributed by atoms with Crippen molar-refractivity contribution in [3.63, 3.8) is 0 Å². The molecule has 1 saturated heterocycles. The summed E-state index contributed by atoms with van der Waals surface area (Å²) in [6.45, 7) is 7.88. The maximum absolute atomic E-state index is 12.7. The first-order chi connectivity index (χ1) is 9.56. The maximum atomic E-state index is 12.7. The molecule has 3 nitrogen and oxygen atoms in total. The number of likely N-dealkylation sites (tertiary alicyclic amines) is 1. The predicted octanol–water partition coefficient (Wildman–Crippen LogP) is 3.40. The maximum Gasteiger partial charge on any atom is 0.257 e. The summed E-state index contributed by atoms with van der Waals surface area (Å²) in [6, 6.07) is 0.514. The summed E-state index contributed by atoms with van der Waals surface area (Å²) in [5.41, 5.74) is 1.59. The Hall–Kier alpha value is -1.38. The molecule has 0 aromatic heterocycles. The van der Waals surface area contributed by atoms with Crippen LogP contribution in [0.15, 0.2) is 23.8 Å². The fraction of sp³-hybridized carbons (Fsp3) is 0.647. The average molecular weight is 275 g/mol. The highest BCUT2D eigenvalue weighted by Crippen LogP contribution is 2.32. The molecule has 1 amide bonds. The van der Waals surface area contributed by atoms with Crippen LogP contribution in [0.25, 0.3) is 0 Å². The molecule has 110 valence electrons. The van der Waals surface area contributed by atoms with Gasteiger partial charge in [0.05, 0.1) is 5.57 Å². The fourth-order valence-corrected chi connectivity index (χ4v) is 3.42. The number of ketones is 1. The van der Waals surface area contributed by atoms with Crippen molar-refractivity contribution in [2.75, 3.05) is 0 Å². The van der Waals surface area contributed by atoms with Gasteiger partial charge in [0.15, 0.2) is 5.78 Å². The molecule has 2 rings (SSSR count). The van der Waals surface area contributed by atoms with E-state index in [1.807, 2.05) is 11.0 Å². The van der Waals surface area contributed by atoms with E-state index < -0.39 is 0 Å². The van der Waals surface area contributed by atoms with E-state index >= 15 is 0 Å². The van der Waals surface area contributed by atoms with Gasteiger partial charge in [-0.15, -0.1) is 6.58 Å². The van der Waals surface area contributed by atoms with Crippen LogP contribution < -0.4 is 0 Å². The van der Waals surface area contributed by atoms with Crippen molar-refractivity contribution in [3.8, 4) is 0 Å². The number of Topliss-reactive ketones (excluding diaryl/α,β-unsaturated/α-hetero) is 1. The van der Waals surface area contributed by atoms with Gasteiger partial charge in [0.2, 0.25) is 0 Å². The Bertz CT molecular complexity index is 440. The number of carbonyl (C=O) groups excluding carboxylic acids is 2. The van der Waals surface area contributed by atoms with Gasteiger partial charge in [-0.25, -0.2) is 0 Å². The molecule has 1 fully saturated rings. The second-order valence-corrected chi connectivity index (χ2v) is 6.07. The lowest BCUT2D eigenvalue weighted by Crippen LogP contribution is -2.40. The summed E-state index contributed by atoms with van der Waals surface area (Å²) in [5, 5.41) is 0. The molecule has 0 N–H and O–H groups in total. The topological polar surface area (TPSA) is 37.4 Å². The third-order valence-corrected chi connectivity index (χ3v) is 4.57. The van der Waals surface area contributed by atoms with E-state index in [9.17, 15) is 9.59 Å². The van der Waals surface area contributed by atoms with Crippen molar-refractivity contribution >= 4 is 11.7 Å². The predicted molar refractivity (Wildman–Crippen MR) is 80.3 cm³/mol. The molecule has 0 bridgehead atoms. The first kappa shape index (κ1) is 15.0. The Morgan fingerprint density at radius 1 is 1.30 bits per heavy atom. The van der Waals surface area contributed by atoms with E-state index in [0.717, 1.165) is 44.1 Å². The monoisotopic (exact) mass is 275 g/mol. The highest BCUT2D eigenvalue weighted by atomic mass is 16.2. The lowest BCUT2D eigenvalue weighted by Gasteiger charge is -2.27. The van der Waals surface area contributed by atoms with E-state index in [0.29, 0.717) is 12.0 Å². The molecular weight excluding hydrogens is 250 g/mol. The number of hydrogen-bond acceptors (Lipinski definition) is 2. The molecule has 0 aromatic rings. The largest absolute Gasteiger partial charge is 0.333 e. The summed E-state index contributed by atoms with van der Waals surface area (Å²) < 4.78 is 0. The highest BCUT2D eigenvalue weighted by Gasteiger charge is 2.37. The van der Waals surface area contributed by atoms with E-state index in [-0.39, 0.29) is 23.8 Å². The smallest absolute Gasteiger partial charge is 0.257 e.